The highest BCUT2D eigenvalue weighted by Gasteiger charge is 2.21. The first-order chi connectivity index (χ1) is 9.13. The predicted octanol–water partition coefficient (Wildman–Crippen LogP) is 0.0485. The molecule has 0 aromatic heterocycles. The molecule has 2 rings (SSSR count). The normalized spacial score (nSPS) is 25.2. The molecule has 6 heteroatoms. The third-order valence-corrected chi connectivity index (χ3v) is 3.76. The molecule has 0 aromatic carbocycles. The third kappa shape index (κ3) is 4.80. The Morgan fingerprint density at radius 1 is 1.32 bits per heavy atom. The summed E-state index contributed by atoms with van der Waals surface area (Å²) in [5.74, 6) is -0.218. The average Bonchev–Trinajstić information content (AvgIpc) is 2.81. The van der Waals surface area contributed by atoms with Crippen molar-refractivity contribution in [1.29, 1.82) is 0 Å². The predicted molar refractivity (Wildman–Crippen MR) is 72.8 cm³/mol. The van der Waals surface area contributed by atoms with Gasteiger partial charge in [-0.2, -0.15) is 0 Å². The standard InChI is InChI=1S/C13H24N4O2/c1-10-8-17(7-6-14-10)9-12(18)16-13(19)15-11-4-2-3-5-11/h10-11,14H,2-9H2,1H3,(H2,15,16,18,19). The Bertz CT molecular complexity index is 329. The first-order valence-electron chi connectivity index (χ1n) is 7.19. The molecule has 1 aliphatic carbocycles. The summed E-state index contributed by atoms with van der Waals surface area (Å²) >= 11 is 0. The number of hydrogen-bond donors (Lipinski definition) is 3. The molecule has 1 aliphatic heterocycles. The molecular weight excluding hydrogens is 244 g/mol. The van der Waals surface area contributed by atoms with Crippen LogP contribution in [0.2, 0.25) is 0 Å². The van der Waals surface area contributed by atoms with Crippen LogP contribution in [0.1, 0.15) is 32.6 Å². The maximum Gasteiger partial charge on any atom is 0.321 e. The van der Waals surface area contributed by atoms with Crippen LogP contribution in [0, 0.1) is 0 Å². The fraction of sp³-hybridized carbons (Fsp3) is 0.846. The molecule has 0 aromatic rings. The Morgan fingerprint density at radius 2 is 2.05 bits per heavy atom. The fourth-order valence-electron chi connectivity index (χ4n) is 2.82. The first kappa shape index (κ1) is 14.3. The van der Waals surface area contributed by atoms with Crippen molar-refractivity contribution in [3.63, 3.8) is 0 Å². The van der Waals surface area contributed by atoms with Gasteiger partial charge < -0.3 is 10.6 Å². The van der Waals surface area contributed by atoms with Crippen LogP contribution < -0.4 is 16.0 Å². The molecule has 0 spiro atoms. The van der Waals surface area contributed by atoms with Crippen molar-refractivity contribution in [3.05, 3.63) is 0 Å². The highest BCUT2D eigenvalue weighted by molar-refractivity contribution is 5.95. The highest BCUT2D eigenvalue weighted by Crippen LogP contribution is 2.17. The molecule has 1 unspecified atom stereocenters. The monoisotopic (exact) mass is 268 g/mol. The van der Waals surface area contributed by atoms with Gasteiger partial charge in [-0.25, -0.2) is 4.79 Å². The lowest BCUT2D eigenvalue weighted by molar-refractivity contribution is -0.121. The second-order valence-electron chi connectivity index (χ2n) is 5.59. The van der Waals surface area contributed by atoms with Crippen LogP contribution in [0.3, 0.4) is 0 Å². The van der Waals surface area contributed by atoms with Crippen molar-refractivity contribution >= 4 is 11.9 Å². The second kappa shape index (κ2) is 6.86. The minimum atomic E-state index is -0.347. The van der Waals surface area contributed by atoms with E-state index in [4.69, 9.17) is 0 Å². The summed E-state index contributed by atoms with van der Waals surface area (Å²) in [6, 6.07) is 0.293. The summed E-state index contributed by atoms with van der Waals surface area (Å²) in [7, 11) is 0. The van der Waals surface area contributed by atoms with Crippen LogP contribution >= 0.6 is 0 Å². The van der Waals surface area contributed by atoms with Gasteiger partial charge in [0.15, 0.2) is 0 Å². The van der Waals surface area contributed by atoms with Crippen LogP contribution in [-0.2, 0) is 4.79 Å². The second-order valence-corrected chi connectivity index (χ2v) is 5.59. The maximum absolute atomic E-state index is 11.8. The minimum absolute atomic E-state index is 0.218. The smallest absolute Gasteiger partial charge is 0.321 e. The van der Waals surface area contributed by atoms with Gasteiger partial charge in [0.05, 0.1) is 6.54 Å². The van der Waals surface area contributed by atoms with E-state index < -0.39 is 0 Å². The summed E-state index contributed by atoms with van der Waals surface area (Å²) in [6.45, 7) is 4.98. The Hall–Kier alpha value is -1.14. The lowest BCUT2D eigenvalue weighted by atomic mass is 10.2. The van der Waals surface area contributed by atoms with Gasteiger partial charge in [0, 0.05) is 31.7 Å². The Balaban J connectivity index is 1.66. The van der Waals surface area contributed by atoms with Gasteiger partial charge in [0.2, 0.25) is 5.91 Å². The highest BCUT2D eigenvalue weighted by atomic mass is 16.2. The largest absolute Gasteiger partial charge is 0.335 e. The van der Waals surface area contributed by atoms with Crippen molar-refractivity contribution < 1.29 is 9.59 Å². The number of amides is 3. The fourth-order valence-corrected chi connectivity index (χ4v) is 2.82. The molecule has 3 N–H and O–H groups in total. The van der Waals surface area contributed by atoms with Crippen molar-refractivity contribution in [1.82, 2.24) is 20.9 Å². The van der Waals surface area contributed by atoms with Gasteiger partial charge >= 0.3 is 6.03 Å². The van der Waals surface area contributed by atoms with Crippen molar-refractivity contribution in [3.8, 4) is 0 Å². The van der Waals surface area contributed by atoms with E-state index in [2.05, 4.69) is 27.8 Å². The minimum Gasteiger partial charge on any atom is -0.335 e. The topological polar surface area (TPSA) is 73.5 Å². The number of nitrogens with one attached hydrogen (secondary N) is 3. The van der Waals surface area contributed by atoms with Crippen molar-refractivity contribution in [2.24, 2.45) is 0 Å². The summed E-state index contributed by atoms with van der Waals surface area (Å²) in [5, 5.41) is 8.59. The first-order valence-corrected chi connectivity index (χ1v) is 7.19. The molecule has 1 atom stereocenters. The van der Waals surface area contributed by atoms with E-state index in [1.807, 2.05) is 0 Å². The molecule has 3 amide bonds. The van der Waals surface area contributed by atoms with E-state index in [9.17, 15) is 9.59 Å². The van der Waals surface area contributed by atoms with E-state index in [0.29, 0.717) is 12.6 Å². The number of piperazine rings is 1. The molecule has 2 aliphatic rings. The number of carbonyl (C=O) groups excluding carboxylic acids is 2. The number of rotatable bonds is 3. The molecule has 108 valence electrons. The van der Waals surface area contributed by atoms with Crippen LogP contribution in [0.4, 0.5) is 4.79 Å². The summed E-state index contributed by atoms with van der Waals surface area (Å²) in [5.41, 5.74) is 0. The molecule has 19 heavy (non-hydrogen) atoms. The average molecular weight is 268 g/mol. The maximum atomic E-state index is 11.8. The van der Waals surface area contributed by atoms with E-state index >= 15 is 0 Å². The zero-order chi connectivity index (χ0) is 13.7. The molecule has 2 fully saturated rings. The van der Waals surface area contributed by atoms with E-state index in [-0.39, 0.29) is 18.0 Å². The quantitative estimate of drug-likeness (QED) is 0.676. The van der Waals surface area contributed by atoms with Crippen LogP contribution in [0.25, 0.3) is 0 Å². The van der Waals surface area contributed by atoms with Gasteiger partial charge in [0.25, 0.3) is 0 Å². The van der Waals surface area contributed by atoms with E-state index in [1.165, 1.54) is 0 Å². The Morgan fingerprint density at radius 3 is 2.74 bits per heavy atom. The molecule has 1 saturated carbocycles. The van der Waals surface area contributed by atoms with Gasteiger partial charge in [-0.1, -0.05) is 12.8 Å². The number of nitrogens with zero attached hydrogens (tertiary/aromatic N) is 1. The zero-order valence-corrected chi connectivity index (χ0v) is 11.6. The lowest BCUT2D eigenvalue weighted by Gasteiger charge is -2.31. The Labute approximate surface area is 114 Å². The number of urea groups is 1. The lowest BCUT2D eigenvalue weighted by Crippen LogP contribution is -2.53. The van der Waals surface area contributed by atoms with Crippen LogP contribution in [0.15, 0.2) is 0 Å². The van der Waals surface area contributed by atoms with Gasteiger partial charge in [-0.05, 0) is 19.8 Å². The van der Waals surface area contributed by atoms with Gasteiger partial charge in [-0.15, -0.1) is 0 Å². The molecular formula is C13H24N4O2. The molecule has 1 heterocycles. The van der Waals surface area contributed by atoms with Gasteiger partial charge in [-0.3, -0.25) is 15.0 Å². The van der Waals surface area contributed by atoms with Crippen LogP contribution in [-0.4, -0.2) is 55.1 Å². The molecule has 1 saturated heterocycles. The summed E-state index contributed by atoms with van der Waals surface area (Å²) in [4.78, 5) is 25.5. The van der Waals surface area contributed by atoms with Crippen molar-refractivity contribution in [2.75, 3.05) is 26.2 Å². The SMILES string of the molecule is CC1CN(CC(=O)NC(=O)NC2CCCC2)CCN1. The van der Waals surface area contributed by atoms with E-state index in [0.717, 1.165) is 45.3 Å². The third-order valence-electron chi connectivity index (χ3n) is 3.76. The number of imide groups is 1. The zero-order valence-electron chi connectivity index (χ0n) is 11.6. The van der Waals surface area contributed by atoms with Crippen LogP contribution in [0.5, 0.6) is 0 Å². The molecule has 0 radical (unpaired) electrons. The van der Waals surface area contributed by atoms with Gasteiger partial charge in [0.1, 0.15) is 0 Å². The molecule has 6 nitrogen and oxygen atoms in total. The molecule has 0 bridgehead atoms. The Kier molecular flexibility index (Phi) is 5.15. The number of hydrogen-bond acceptors (Lipinski definition) is 4. The van der Waals surface area contributed by atoms with Crippen molar-refractivity contribution in [2.45, 2.75) is 44.7 Å². The summed E-state index contributed by atoms with van der Waals surface area (Å²) < 4.78 is 0. The number of carbonyl (C=O) groups is 2. The van der Waals surface area contributed by atoms with E-state index in [1.54, 1.807) is 0 Å². The summed E-state index contributed by atoms with van der Waals surface area (Å²) in [6.07, 6.45) is 4.38.